The number of fused-ring (bicyclic) bond motifs is 1. The van der Waals surface area contributed by atoms with Gasteiger partial charge >= 0.3 is 17.5 Å². The van der Waals surface area contributed by atoms with Gasteiger partial charge in [-0.3, -0.25) is 43.4 Å². The van der Waals surface area contributed by atoms with E-state index >= 15 is 0 Å². The van der Waals surface area contributed by atoms with E-state index in [4.69, 9.17) is 18.9 Å². The van der Waals surface area contributed by atoms with Gasteiger partial charge in [0.2, 0.25) is 0 Å². The van der Waals surface area contributed by atoms with Crippen molar-refractivity contribution in [2.45, 2.75) is 191 Å². The highest BCUT2D eigenvalue weighted by Gasteiger charge is 2.39. The number of carbonyl (C=O) groups excluding carboxylic acids is 1. The highest BCUT2D eigenvalue weighted by molar-refractivity contribution is 5.60. The molecule has 9 heterocycles. The van der Waals surface area contributed by atoms with Crippen molar-refractivity contribution in [3.63, 3.8) is 0 Å². The molecule has 7 aliphatic heterocycles. The molecule has 0 saturated carbocycles. The van der Waals surface area contributed by atoms with Crippen LogP contribution in [0.5, 0.6) is 0 Å². The molecule has 20 nitrogen and oxygen atoms in total. The zero-order chi connectivity index (χ0) is 50.3. The first-order chi connectivity index (χ1) is 34.4. The van der Waals surface area contributed by atoms with Crippen LogP contribution in [0, 0.1) is 13.8 Å². The van der Waals surface area contributed by atoms with Gasteiger partial charge in [-0.2, -0.15) is 0 Å². The minimum Gasteiger partial charge on any atom is -0.433 e. The third kappa shape index (κ3) is 16.1. The topological polar surface area (TPSA) is 230 Å². The Balaban J connectivity index is 0.000000179. The van der Waals surface area contributed by atoms with Crippen molar-refractivity contribution >= 4 is 6.16 Å². The smallest absolute Gasteiger partial charge is 0.433 e. The zero-order valence-corrected chi connectivity index (χ0v) is 43.1. The van der Waals surface area contributed by atoms with Crippen molar-refractivity contribution in [1.29, 1.82) is 0 Å². The fourth-order valence-corrected chi connectivity index (χ4v) is 11.4. The highest BCUT2D eigenvalue weighted by Crippen LogP contribution is 2.32. The summed E-state index contributed by atoms with van der Waals surface area (Å²) >= 11 is 0. The molecule has 20 heteroatoms. The molecule has 0 aliphatic carbocycles. The van der Waals surface area contributed by atoms with E-state index in [0.717, 1.165) is 38.3 Å². The summed E-state index contributed by atoms with van der Waals surface area (Å²) in [6, 6.07) is 2.60. The van der Waals surface area contributed by atoms with Crippen LogP contribution in [-0.4, -0.2) is 172 Å². The summed E-state index contributed by atoms with van der Waals surface area (Å²) in [5.74, 6) is 0. The van der Waals surface area contributed by atoms with Crippen molar-refractivity contribution < 1.29 is 28.8 Å². The number of aryl methyl sites for hydroxylation is 2. The molecular formula is C51H86N10O10. The maximum Gasteiger partial charge on any atom is 0.508 e. The zero-order valence-electron chi connectivity index (χ0n) is 43.1. The molecule has 7 saturated heterocycles. The van der Waals surface area contributed by atoms with Gasteiger partial charge in [-0.25, -0.2) is 14.4 Å². The van der Waals surface area contributed by atoms with Gasteiger partial charge in [-0.15, -0.1) is 0 Å². The Morgan fingerprint density at radius 2 is 1.25 bits per heavy atom. The number of hydrogen-bond donors (Lipinski definition) is 6. The van der Waals surface area contributed by atoms with Crippen molar-refractivity contribution in [3.05, 3.63) is 65.2 Å². The van der Waals surface area contributed by atoms with Crippen molar-refractivity contribution in [2.75, 3.05) is 78.6 Å². The van der Waals surface area contributed by atoms with Gasteiger partial charge in [0, 0.05) is 106 Å². The number of nitrogens with zero attached hydrogens (tertiary/aromatic N) is 5. The quantitative estimate of drug-likeness (QED) is 0.150. The Morgan fingerprint density at radius 3 is 1.80 bits per heavy atom. The van der Waals surface area contributed by atoms with E-state index in [9.17, 15) is 29.1 Å². The number of rotatable bonds is 14. The third-order valence-corrected chi connectivity index (χ3v) is 15.6. The number of aliphatic hydroxyl groups excluding tert-OH is 1. The van der Waals surface area contributed by atoms with Crippen molar-refractivity contribution in [1.82, 2.24) is 49.8 Å². The maximum atomic E-state index is 12.6. The molecule has 2 aromatic heterocycles. The number of piperazine rings is 1. The Kier molecular flexibility index (Phi) is 21.3. The van der Waals surface area contributed by atoms with E-state index in [0.29, 0.717) is 55.4 Å². The second-order valence-corrected chi connectivity index (χ2v) is 21.0. The molecule has 9 rings (SSSR count). The van der Waals surface area contributed by atoms with Gasteiger partial charge in [0.05, 0.1) is 18.3 Å². The SMILES string of the molecule is C1CCC(CN2CCN3CCCCC3C2)NC1.CC[C@H]1O[C@@H](n2cc(C)c(=O)[nH]c2=O)CC1O.CC[C@H]1O[C@@H](n2cc(C)c(=O)[nH]c2=O)CC1OC(=O)OCCN(CC1CCCCN1)CC1CCCCN1. The summed E-state index contributed by atoms with van der Waals surface area (Å²) in [5.41, 5.74) is -1.00. The van der Waals surface area contributed by atoms with E-state index in [1.807, 2.05) is 13.8 Å². The largest absolute Gasteiger partial charge is 0.508 e. The monoisotopic (exact) mass is 999 g/mol. The van der Waals surface area contributed by atoms with Crippen LogP contribution in [0.1, 0.15) is 140 Å². The lowest BCUT2D eigenvalue weighted by atomic mass is 9.98. The van der Waals surface area contributed by atoms with Gasteiger partial charge in [0.15, 0.2) is 0 Å². The molecule has 6 N–H and O–H groups in total. The van der Waals surface area contributed by atoms with Crippen LogP contribution < -0.4 is 38.4 Å². The second-order valence-electron chi connectivity index (χ2n) is 21.0. The Morgan fingerprint density at radius 1 is 0.704 bits per heavy atom. The molecule has 7 aliphatic rings. The van der Waals surface area contributed by atoms with Crippen LogP contribution in [0.3, 0.4) is 0 Å². The summed E-state index contributed by atoms with van der Waals surface area (Å²) in [6.07, 6.45) is 17.2. The van der Waals surface area contributed by atoms with E-state index in [-0.39, 0.29) is 18.8 Å². The van der Waals surface area contributed by atoms with E-state index < -0.39 is 53.3 Å². The highest BCUT2D eigenvalue weighted by atomic mass is 16.7. The predicted octanol–water partition coefficient (Wildman–Crippen LogP) is 2.85. The van der Waals surface area contributed by atoms with E-state index in [2.05, 4.69) is 40.6 Å². The van der Waals surface area contributed by atoms with Gasteiger partial charge in [0.1, 0.15) is 25.2 Å². The number of piperidine rings is 4. The van der Waals surface area contributed by atoms with Gasteiger partial charge < -0.3 is 40.0 Å². The number of hydrogen-bond acceptors (Lipinski definition) is 16. The van der Waals surface area contributed by atoms with E-state index in [1.165, 1.54) is 138 Å². The Bertz CT molecular complexity index is 2160. The molecule has 0 bridgehead atoms. The molecule has 0 spiro atoms. The van der Waals surface area contributed by atoms with Gasteiger partial charge in [0.25, 0.3) is 11.1 Å². The lowest BCUT2D eigenvalue weighted by Gasteiger charge is -2.45. The molecule has 7 fully saturated rings. The summed E-state index contributed by atoms with van der Waals surface area (Å²) in [5, 5.41) is 20.6. The van der Waals surface area contributed by atoms with Crippen LogP contribution in [0.25, 0.3) is 0 Å². The van der Waals surface area contributed by atoms with Crippen LogP contribution in [-0.2, 0) is 18.9 Å². The number of nitrogens with one attached hydrogen (secondary N) is 5. The predicted molar refractivity (Wildman–Crippen MR) is 271 cm³/mol. The molecule has 400 valence electrons. The number of aromatic amines is 2. The maximum absolute atomic E-state index is 12.6. The molecular weight excluding hydrogens is 913 g/mol. The summed E-state index contributed by atoms with van der Waals surface area (Å²) < 4.78 is 25.4. The minimum absolute atomic E-state index is 0.251. The fraction of sp³-hybridized carbons (Fsp3) is 0.824. The van der Waals surface area contributed by atoms with Crippen LogP contribution >= 0.6 is 0 Å². The average Bonchev–Trinajstić information content (AvgIpc) is 3.97. The molecule has 0 aromatic carbocycles. The molecule has 2 aromatic rings. The van der Waals surface area contributed by atoms with Crippen molar-refractivity contribution in [2.24, 2.45) is 0 Å². The Hall–Kier alpha value is -3.73. The number of carbonyl (C=O) groups is 1. The number of aromatic nitrogens is 4. The second kappa shape index (κ2) is 27.5. The van der Waals surface area contributed by atoms with Crippen molar-refractivity contribution in [3.8, 4) is 0 Å². The fourth-order valence-electron chi connectivity index (χ4n) is 11.4. The molecule has 0 amide bonds. The summed E-state index contributed by atoms with van der Waals surface area (Å²) in [6.45, 7) is 19.9. The van der Waals surface area contributed by atoms with Crippen LogP contribution in [0.15, 0.2) is 31.6 Å². The molecule has 71 heavy (non-hydrogen) atoms. The molecule has 10 atom stereocenters. The standard InChI is InChI=1S/C26H43N5O6.C14H27N3.C11H16N2O4/c1-3-21-22(14-23(36-21)31-15-18(2)24(32)29-25(31)33)37-26(34)35-13-12-30(16-19-8-4-6-10-27-19)17-20-9-5-7-11-28-20;1-3-7-15-13(5-1)11-16-9-10-17-8-4-2-6-14(17)12-16;1-3-8-7(14)4-9(17-8)13-5-6(2)10(15)12-11(13)16/h15,19-23,27-28H,3-14,16-17H2,1-2H3,(H,29,32,33);13-15H,1-12H2;5,7-9,14H,3-4H2,1-2H3,(H,12,15,16)/t19?,20?,21-,22?,23-;;7?,8-,9-/m1.1/s1. The Labute approximate surface area is 418 Å². The molecule has 6 unspecified atom stereocenters. The summed E-state index contributed by atoms with van der Waals surface area (Å²) in [7, 11) is 0. The normalized spacial score (nSPS) is 30.4. The lowest BCUT2D eigenvalue weighted by molar-refractivity contribution is -0.0383. The minimum atomic E-state index is -0.718. The number of aliphatic hydroxyl groups is 1. The third-order valence-electron chi connectivity index (χ3n) is 15.6. The first kappa shape index (κ1) is 55.0. The average molecular weight is 999 g/mol. The van der Waals surface area contributed by atoms with Crippen LogP contribution in [0.2, 0.25) is 0 Å². The van der Waals surface area contributed by atoms with E-state index in [1.54, 1.807) is 13.8 Å². The number of ether oxygens (including phenoxy) is 4. The first-order valence-electron chi connectivity index (χ1n) is 27.2. The molecule has 0 radical (unpaired) electrons. The lowest BCUT2D eigenvalue weighted by Crippen LogP contribution is -2.57. The van der Waals surface area contributed by atoms with Crippen LogP contribution in [0.4, 0.5) is 4.79 Å². The number of H-pyrrole nitrogens is 2. The van der Waals surface area contributed by atoms with Gasteiger partial charge in [-0.05, 0) is 104 Å². The first-order valence-corrected chi connectivity index (χ1v) is 27.2. The summed E-state index contributed by atoms with van der Waals surface area (Å²) in [4.78, 5) is 71.8. The van der Waals surface area contributed by atoms with Gasteiger partial charge in [-0.1, -0.05) is 39.5 Å².